The summed E-state index contributed by atoms with van der Waals surface area (Å²) >= 11 is 0. The van der Waals surface area contributed by atoms with Gasteiger partial charge in [0.1, 0.15) is 0 Å². The van der Waals surface area contributed by atoms with E-state index in [1.807, 2.05) is 0 Å². The minimum Gasteiger partial charge on any atom is -0.513 e. The zero-order valence-corrected chi connectivity index (χ0v) is 12.7. The van der Waals surface area contributed by atoms with Crippen LogP contribution in [0, 0.1) is 0 Å². The van der Waals surface area contributed by atoms with E-state index in [1.54, 1.807) is 0 Å². The van der Waals surface area contributed by atoms with Crippen LogP contribution in [-0.2, 0) is 21.7 Å². The summed E-state index contributed by atoms with van der Waals surface area (Å²) < 4.78 is 0. The van der Waals surface area contributed by atoms with Gasteiger partial charge in [-0.2, -0.15) is 0 Å². The van der Waals surface area contributed by atoms with Gasteiger partial charge in [-0.05, 0) is 27.7 Å². The topological polar surface area (TPSA) is 80.9 Å². The number of hydrogen-bond donors (Lipinski definition) is 4. The van der Waals surface area contributed by atoms with Gasteiger partial charge in [0.25, 0.3) is 0 Å². The van der Waals surface area contributed by atoms with Gasteiger partial charge < -0.3 is 20.4 Å². The standard InChI is InChI=1S/4C3H6O.Ti/c4*1-3(2)4;/h4*4H,1H2,2H3;. The van der Waals surface area contributed by atoms with Crippen molar-refractivity contribution >= 4 is 0 Å². The van der Waals surface area contributed by atoms with E-state index in [1.165, 1.54) is 27.7 Å². The van der Waals surface area contributed by atoms with Crippen molar-refractivity contribution in [2.24, 2.45) is 0 Å². The smallest absolute Gasteiger partial charge is 0.0820 e. The molecule has 0 aliphatic heterocycles. The molecule has 0 aromatic heterocycles. The molecule has 0 fully saturated rings. The number of allylic oxidation sites excluding steroid dienone is 4. The van der Waals surface area contributed by atoms with Gasteiger partial charge in [0, 0.05) is 21.7 Å². The monoisotopic (exact) mass is 280 g/mol. The molecule has 0 aliphatic carbocycles. The van der Waals surface area contributed by atoms with E-state index in [0.717, 1.165) is 0 Å². The Balaban J connectivity index is -0.0000000369. The molecule has 0 aromatic carbocycles. The third-order valence-electron chi connectivity index (χ3n) is 0. The molecule has 0 rings (SSSR count). The van der Waals surface area contributed by atoms with E-state index >= 15 is 0 Å². The van der Waals surface area contributed by atoms with Gasteiger partial charge in [-0.1, -0.05) is 26.3 Å². The Kier molecular flexibility index (Phi) is 42.3. The minimum absolute atomic E-state index is 0. The maximum absolute atomic E-state index is 7.86. The van der Waals surface area contributed by atoms with Crippen LogP contribution in [-0.4, -0.2) is 20.4 Å². The summed E-state index contributed by atoms with van der Waals surface area (Å²) in [5.74, 6) is 0.667. The van der Waals surface area contributed by atoms with Crippen LogP contribution in [0.4, 0.5) is 0 Å². The van der Waals surface area contributed by atoms with Crippen LogP contribution in [0.1, 0.15) is 27.7 Å². The van der Waals surface area contributed by atoms with Crippen molar-refractivity contribution in [1.82, 2.24) is 0 Å². The summed E-state index contributed by atoms with van der Waals surface area (Å²) in [6.45, 7) is 18.6. The SMILES string of the molecule is C=C(C)O.C=C(C)O.C=C(C)O.C=C(C)O.[Ti]. The predicted molar refractivity (Wildman–Crippen MR) is 69.8 cm³/mol. The van der Waals surface area contributed by atoms with Gasteiger partial charge in [0.15, 0.2) is 0 Å². The van der Waals surface area contributed by atoms with Crippen LogP contribution in [0.2, 0.25) is 0 Å². The summed E-state index contributed by atoms with van der Waals surface area (Å²) in [5.41, 5.74) is 0. The van der Waals surface area contributed by atoms with E-state index in [9.17, 15) is 0 Å². The second-order valence-corrected chi connectivity index (χ2v) is 2.94. The van der Waals surface area contributed by atoms with Gasteiger partial charge in [-0.3, -0.25) is 0 Å². The number of aliphatic hydroxyl groups excluding tert-OH is 4. The van der Waals surface area contributed by atoms with E-state index in [0.29, 0.717) is 0 Å². The van der Waals surface area contributed by atoms with E-state index < -0.39 is 0 Å². The first-order chi connectivity index (χ1) is 6.93. The molecule has 0 saturated carbocycles. The second-order valence-electron chi connectivity index (χ2n) is 2.94. The first-order valence-electron chi connectivity index (χ1n) is 4.31. The number of rotatable bonds is 0. The molecule has 5 heteroatoms. The van der Waals surface area contributed by atoms with Crippen LogP contribution >= 0.6 is 0 Å². The van der Waals surface area contributed by atoms with Crippen molar-refractivity contribution < 1.29 is 42.1 Å². The fourth-order valence-electron chi connectivity index (χ4n) is 0. The average molecular weight is 280 g/mol. The molecule has 0 heterocycles. The van der Waals surface area contributed by atoms with Crippen LogP contribution in [0.15, 0.2) is 49.4 Å². The molecule has 4 N–H and O–H groups in total. The fraction of sp³-hybridized carbons (Fsp3) is 0.333. The van der Waals surface area contributed by atoms with Crippen molar-refractivity contribution in [3.05, 3.63) is 49.4 Å². The molecule has 17 heavy (non-hydrogen) atoms. The first-order valence-corrected chi connectivity index (χ1v) is 4.31. The molecule has 0 atom stereocenters. The fourth-order valence-corrected chi connectivity index (χ4v) is 0. The minimum atomic E-state index is 0. The Labute approximate surface area is 119 Å². The van der Waals surface area contributed by atoms with E-state index in [-0.39, 0.29) is 44.8 Å². The Hall–Kier alpha value is -1.13. The predicted octanol–water partition coefficient (Wildman–Crippen LogP) is 4.31. The Morgan fingerprint density at radius 1 is 0.529 bits per heavy atom. The molecule has 0 amide bonds. The number of aliphatic hydroxyl groups is 4. The van der Waals surface area contributed by atoms with Gasteiger partial charge in [0.05, 0.1) is 23.0 Å². The third-order valence-corrected chi connectivity index (χ3v) is 0. The van der Waals surface area contributed by atoms with Crippen LogP contribution in [0.5, 0.6) is 0 Å². The molecule has 0 radical (unpaired) electrons. The maximum Gasteiger partial charge on any atom is 0.0820 e. The summed E-state index contributed by atoms with van der Waals surface area (Å²) in [5, 5.41) is 31.4. The quantitative estimate of drug-likeness (QED) is 0.393. The van der Waals surface area contributed by atoms with Crippen molar-refractivity contribution in [2.45, 2.75) is 27.7 Å². The summed E-state index contributed by atoms with van der Waals surface area (Å²) in [7, 11) is 0. The molecule has 0 aromatic rings. The van der Waals surface area contributed by atoms with Crippen LogP contribution in [0.25, 0.3) is 0 Å². The van der Waals surface area contributed by atoms with Gasteiger partial charge >= 0.3 is 0 Å². The van der Waals surface area contributed by atoms with Crippen LogP contribution in [0.3, 0.4) is 0 Å². The number of hydrogen-bond acceptors (Lipinski definition) is 4. The largest absolute Gasteiger partial charge is 0.513 e. The normalized spacial score (nSPS) is 5.88. The average Bonchev–Trinajstić information content (AvgIpc) is 1.76. The molecular formula is C12H24O4Ti. The first kappa shape index (κ1) is 29.7. The summed E-state index contributed by atoms with van der Waals surface area (Å²) in [6.07, 6.45) is 0. The molecule has 0 bridgehead atoms. The maximum atomic E-state index is 7.86. The Bertz CT molecular complexity index is 159. The van der Waals surface area contributed by atoms with Crippen molar-refractivity contribution in [3.8, 4) is 0 Å². The zero-order valence-electron chi connectivity index (χ0n) is 11.1. The third kappa shape index (κ3) is 1950. The summed E-state index contributed by atoms with van der Waals surface area (Å²) in [4.78, 5) is 0. The molecule has 0 spiro atoms. The Morgan fingerprint density at radius 2 is 0.529 bits per heavy atom. The van der Waals surface area contributed by atoms with E-state index in [4.69, 9.17) is 20.4 Å². The molecule has 4 nitrogen and oxygen atoms in total. The van der Waals surface area contributed by atoms with Crippen molar-refractivity contribution in [3.63, 3.8) is 0 Å². The van der Waals surface area contributed by atoms with Gasteiger partial charge in [0.2, 0.25) is 0 Å². The molecule has 0 saturated heterocycles. The second kappa shape index (κ2) is 24.2. The van der Waals surface area contributed by atoms with Crippen molar-refractivity contribution in [1.29, 1.82) is 0 Å². The summed E-state index contributed by atoms with van der Waals surface area (Å²) in [6, 6.07) is 0. The molecule has 0 unspecified atom stereocenters. The van der Waals surface area contributed by atoms with Crippen LogP contribution < -0.4 is 0 Å². The van der Waals surface area contributed by atoms with Gasteiger partial charge in [-0.15, -0.1) is 0 Å². The molecular weight excluding hydrogens is 256 g/mol. The zero-order chi connectivity index (χ0) is 14.3. The van der Waals surface area contributed by atoms with Gasteiger partial charge in [-0.25, -0.2) is 0 Å². The molecule has 0 aliphatic rings. The Morgan fingerprint density at radius 3 is 0.529 bits per heavy atom. The molecule has 100 valence electrons. The van der Waals surface area contributed by atoms with E-state index in [2.05, 4.69) is 26.3 Å². The van der Waals surface area contributed by atoms with Crippen molar-refractivity contribution in [2.75, 3.05) is 0 Å².